The maximum atomic E-state index is 12.6. The van der Waals surface area contributed by atoms with Crippen LogP contribution in [0.2, 0.25) is 0 Å². The average Bonchev–Trinajstić information content (AvgIpc) is 3.09. The first-order valence-corrected chi connectivity index (χ1v) is 10.2. The number of anilines is 1. The first kappa shape index (κ1) is 21.2. The Kier molecular flexibility index (Phi) is 5.91. The van der Waals surface area contributed by atoms with Gasteiger partial charge in [0.25, 0.3) is 0 Å². The van der Waals surface area contributed by atoms with E-state index in [1.165, 1.54) is 12.1 Å². The molecule has 0 saturated heterocycles. The summed E-state index contributed by atoms with van der Waals surface area (Å²) in [7, 11) is 0. The van der Waals surface area contributed by atoms with Gasteiger partial charge in [0.2, 0.25) is 5.91 Å². The maximum Gasteiger partial charge on any atom is 0.416 e. The van der Waals surface area contributed by atoms with E-state index in [9.17, 15) is 18.0 Å². The van der Waals surface area contributed by atoms with Gasteiger partial charge in [-0.2, -0.15) is 13.2 Å². The van der Waals surface area contributed by atoms with Crippen molar-refractivity contribution in [2.75, 3.05) is 18.5 Å². The van der Waals surface area contributed by atoms with Crippen LogP contribution in [0, 0.1) is 11.8 Å². The van der Waals surface area contributed by atoms with E-state index in [1.54, 1.807) is 6.20 Å². The number of benzene rings is 2. The molecule has 0 aliphatic heterocycles. The largest absolute Gasteiger partial charge is 0.493 e. The maximum absolute atomic E-state index is 12.6. The normalized spacial score (nSPS) is 18.6. The molecule has 1 heterocycles. The van der Waals surface area contributed by atoms with Crippen molar-refractivity contribution in [2.45, 2.75) is 25.4 Å². The number of aromatic nitrogens is 1. The second kappa shape index (κ2) is 8.63. The van der Waals surface area contributed by atoms with Gasteiger partial charge in [-0.1, -0.05) is 6.07 Å². The fourth-order valence-corrected chi connectivity index (χ4v) is 3.79. The highest BCUT2D eigenvalue weighted by Gasteiger charge is 2.34. The Morgan fingerprint density at radius 3 is 2.58 bits per heavy atom. The zero-order valence-electron chi connectivity index (χ0n) is 16.7. The molecule has 8 heteroatoms. The molecular formula is C23H23F3N2O3. The molecule has 0 bridgehead atoms. The van der Waals surface area contributed by atoms with Crippen molar-refractivity contribution in [3.63, 3.8) is 0 Å². The van der Waals surface area contributed by atoms with Crippen molar-refractivity contribution in [1.29, 1.82) is 0 Å². The zero-order valence-corrected chi connectivity index (χ0v) is 16.7. The molecule has 164 valence electrons. The lowest BCUT2D eigenvalue weighted by molar-refractivity contribution is -0.137. The van der Waals surface area contributed by atoms with Crippen LogP contribution in [0.15, 0.2) is 48.7 Å². The Balaban J connectivity index is 1.35. The van der Waals surface area contributed by atoms with Gasteiger partial charge >= 0.3 is 6.18 Å². The van der Waals surface area contributed by atoms with Crippen molar-refractivity contribution in [3.05, 3.63) is 59.8 Å². The molecule has 0 atom stereocenters. The third kappa shape index (κ3) is 4.85. The van der Waals surface area contributed by atoms with E-state index in [1.807, 2.05) is 18.2 Å². The third-order valence-electron chi connectivity index (χ3n) is 5.71. The highest BCUT2D eigenvalue weighted by Crippen LogP contribution is 2.35. The highest BCUT2D eigenvalue weighted by atomic mass is 19.4. The fraction of sp³-hybridized carbons (Fsp3) is 0.348. The van der Waals surface area contributed by atoms with Crippen LogP contribution in [0.1, 0.15) is 24.0 Å². The fourth-order valence-electron chi connectivity index (χ4n) is 3.79. The molecule has 1 aromatic heterocycles. The van der Waals surface area contributed by atoms with Crippen molar-refractivity contribution in [1.82, 2.24) is 4.98 Å². The van der Waals surface area contributed by atoms with Crippen LogP contribution in [0.4, 0.5) is 18.9 Å². The predicted molar refractivity (Wildman–Crippen MR) is 111 cm³/mol. The summed E-state index contributed by atoms with van der Waals surface area (Å²) < 4.78 is 43.5. The van der Waals surface area contributed by atoms with E-state index in [2.05, 4.69) is 10.3 Å². The molecule has 2 aromatic carbocycles. The number of aromatic amines is 1. The van der Waals surface area contributed by atoms with Gasteiger partial charge in [0, 0.05) is 36.0 Å². The SMILES string of the molecule is O=C(Nc1c[nH]c2ccc(CCOc3ccc(C(F)(F)F)cc3)cc12)C1CC(CO)C1. The number of aliphatic hydroxyl groups excluding tert-OH is 1. The molecule has 1 aliphatic carbocycles. The van der Waals surface area contributed by atoms with Crippen LogP contribution in [0.25, 0.3) is 10.9 Å². The number of hydrogen-bond acceptors (Lipinski definition) is 3. The zero-order chi connectivity index (χ0) is 22.0. The summed E-state index contributed by atoms with van der Waals surface area (Å²) in [5.74, 6) is 0.490. The summed E-state index contributed by atoms with van der Waals surface area (Å²) in [5, 5.41) is 13.0. The van der Waals surface area contributed by atoms with Crippen molar-refractivity contribution >= 4 is 22.5 Å². The summed E-state index contributed by atoms with van der Waals surface area (Å²) in [4.78, 5) is 15.5. The molecule has 0 unspecified atom stereocenters. The van der Waals surface area contributed by atoms with Crippen molar-refractivity contribution < 1.29 is 27.8 Å². The summed E-state index contributed by atoms with van der Waals surface area (Å²) in [6, 6.07) is 10.5. The molecule has 31 heavy (non-hydrogen) atoms. The molecular weight excluding hydrogens is 409 g/mol. The Morgan fingerprint density at radius 1 is 1.16 bits per heavy atom. The molecule has 3 aromatic rings. The number of hydrogen-bond donors (Lipinski definition) is 3. The van der Waals surface area contributed by atoms with Gasteiger partial charge in [-0.05, 0) is 60.7 Å². The van der Waals surface area contributed by atoms with Crippen molar-refractivity contribution in [2.24, 2.45) is 11.8 Å². The highest BCUT2D eigenvalue weighted by molar-refractivity contribution is 6.02. The van der Waals surface area contributed by atoms with E-state index >= 15 is 0 Å². The van der Waals surface area contributed by atoms with Crippen molar-refractivity contribution in [3.8, 4) is 5.75 Å². The molecule has 3 N–H and O–H groups in total. The van der Waals surface area contributed by atoms with Crippen LogP contribution in [-0.4, -0.2) is 29.2 Å². The number of carbonyl (C=O) groups excluding carboxylic acids is 1. The lowest BCUT2D eigenvalue weighted by atomic mass is 9.75. The molecule has 0 radical (unpaired) electrons. The first-order chi connectivity index (χ1) is 14.8. The molecule has 1 saturated carbocycles. The number of H-pyrrole nitrogens is 1. The molecule has 4 rings (SSSR count). The number of aliphatic hydroxyl groups is 1. The number of ether oxygens (including phenoxy) is 1. The number of alkyl halides is 3. The van der Waals surface area contributed by atoms with Gasteiger partial charge in [-0.15, -0.1) is 0 Å². The number of halogens is 3. The number of nitrogens with one attached hydrogen (secondary N) is 2. The Morgan fingerprint density at radius 2 is 1.90 bits per heavy atom. The molecule has 1 aliphatic rings. The number of carbonyl (C=O) groups is 1. The second-order valence-electron chi connectivity index (χ2n) is 7.91. The van der Waals surface area contributed by atoms with E-state index in [4.69, 9.17) is 9.84 Å². The van der Waals surface area contributed by atoms with Crippen LogP contribution >= 0.6 is 0 Å². The number of amides is 1. The average molecular weight is 432 g/mol. The Hall–Kier alpha value is -3.00. The van der Waals surface area contributed by atoms with Gasteiger partial charge in [0.05, 0.1) is 17.9 Å². The summed E-state index contributed by atoms with van der Waals surface area (Å²) in [5.41, 5.74) is 1.88. The van der Waals surface area contributed by atoms with Gasteiger partial charge in [-0.25, -0.2) is 0 Å². The van der Waals surface area contributed by atoms with Gasteiger partial charge in [-0.3, -0.25) is 4.79 Å². The minimum Gasteiger partial charge on any atom is -0.493 e. The van der Waals surface area contributed by atoms with Gasteiger partial charge < -0.3 is 20.1 Å². The van der Waals surface area contributed by atoms with Crippen LogP contribution < -0.4 is 10.1 Å². The van der Waals surface area contributed by atoms with Crippen LogP contribution in [-0.2, 0) is 17.4 Å². The lowest BCUT2D eigenvalue weighted by Gasteiger charge is -2.32. The minimum absolute atomic E-state index is 0.0401. The Bertz CT molecular complexity index is 1050. The van der Waals surface area contributed by atoms with Gasteiger partial charge in [0.1, 0.15) is 5.75 Å². The summed E-state index contributed by atoms with van der Waals surface area (Å²) in [6.45, 7) is 0.433. The van der Waals surface area contributed by atoms with Crippen LogP contribution in [0.3, 0.4) is 0 Å². The molecule has 1 amide bonds. The van der Waals surface area contributed by atoms with E-state index in [-0.39, 0.29) is 24.3 Å². The number of rotatable bonds is 7. The number of fused-ring (bicyclic) bond motifs is 1. The minimum atomic E-state index is -4.36. The topological polar surface area (TPSA) is 74.4 Å². The van der Waals surface area contributed by atoms with E-state index in [0.29, 0.717) is 37.3 Å². The predicted octanol–water partition coefficient (Wildman–Crippen LogP) is 4.77. The summed E-state index contributed by atoms with van der Waals surface area (Å²) in [6.07, 6.45) is -0.630. The molecule has 5 nitrogen and oxygen atoms in total. The quantitative estimate of drug-likeness (QED) is 0.504. The van der Waals surface area contributed by atoms with Gasteiger partial charge in [0.15, 0.2) is 0 Å². The smallest absolute Gasteiger partial charge is 0.416 e. The van der Waals surface area contributed by atoms with E-state index < -0.39 is 11.7 Å². The van der Waals surface area contributed by atoms with Crippen LogP contribution in [0.5, 0.6) is 5.75 Å². The lowest BCUT2D eigenvalue weighted by Crippen LogP contribution is -2.35. The first-order valence-electron chi connectivity index (χ1n) is 10.2. The van der Waals surface area contributed by atoms with E-state index in [0.717, 1.165) is 28.6 Å². The molecule has 0 spiro atoms. The molecule has 1 fully saturated rings. The Labute approximate surface area is 177 Å². The standard InChI is InChI=1S/C23H23F3N2O3/c24-23(25,26)17-2-4-18(5-3-17)31-8-7-14-1-6-20-19(11-14)21(12-27-20)28-22(30)16-9-15(10-16)13-29/h1-6,11-12,15-16,27,29H,7-10,13H2,(H,28,30). The second-order valence-corrected chi connectivity index (χ2v) is 7.91. The monoisotopic (exact) mass is 432 g/mol. The summed E-state index contributed by atoms with van der Waals surface area (Å²) >= 11 is 0. The third-order valence-corrected chi connectivity index (χ3v) is 5.71.